The number of hydrogen-bond acceptors (Lipinski definition) is 4. The highest BCUT2D eigenvalue weighted by atomic mass is 16.5. The number of rotatable bonds is 6. The maximum absolute atomic E-state index is 10.4. The minimum atomic E-state index is -1.05. The normalized spacial score (nSPS) is 10.2. The van der Waals surface area contributed by atoms with Gasteiger partial charge >= 0.3 is 11.9 Å². The van der Waals surface area contributed by atoms with Crippen molar-refractivity contribution < 1.29 is 29.3 Å². The fraction of sp³-hybridized carbons (Fsp3) is 0.143. The van der Waals surface area contributed by atoms with E-state index in [1.54, 1.807) is 36.4 Å². The fourth-order valence-corrected chi connectivity index (χ4v) is 1.67. The van der Waals surface area contributed by atoms with Crippen molar-refractivity contribution in [2.75, 3.05) is 13.2 Å². The average molecular weight is 276 g/mol. The van der Waals surface area contributed by atoms with Crippen molar-refractivity contribution >= 4 is 22.7 Å². The van der Waals surface area contributed by atoms with Gasteiger partial charge in [-0.3, -0.25) is 0 Å². The third kappa shape index (κ3) is 3.61. The molecule has 2 aromatic rings. The van der Waals surface area contributed by atoms with Crippen molar-refractivity contribution in [3.63, 3.8) is 0 Å². The number of aliphatic carboxylic acids is 2. The summed E-state index contributed by atoms with van der Waals surface area (Å²) in [5.41, 5.74) is 0. The van der Waals surface area contributed by atoms with E-state index in [4.69, 9.17) is 19.7 Å². The highest BCUT2D eigenvalue weighted by Crippen LogP contribution is 2.25. The van der Waals surface area contributed by atoms with E-state index in [1.807, 2.05) is 0 Å². The van der Waals surface area contributed by atoms with Crippen LogP contribution in [-0.4, -0.2) is 35.4 Å². The van der Waals surface area contributed by atoms with Gasteiger partial charge in [-0.2, -0.15) is 0 Å². The minimum Gasteiger partial charge on any atom is -0.482 e. The Morgan fingerprint density at radius 3 is 1.65 bits per heavy atom. The monoisotopic (exact) mass is 276 g/mol. The lowest BCUT2D eigenvalue weighted by Gasteiger charge is -2.07. The Bertz CT molecular complexity index is 596. The van der Waals surface area contributed by atoms with Crippen molar-refractivity contribution in [3.8, 4) is 11.5 Å². The van der Waals surface area contributed by atoms with E-state index in [-0.39, 0.29) is 0 Å². The maximum atomic E-state index is 10.4. The number of benzene rings is 2. The van der Waals surface area contributed by atoms with Crippen LogP contribution < -0.4 is 9.47 Å². The van der Waals surface area contributed by atoms with E-state index >= 15 is 0 Å². The number of carboxylic acid groups (broad SMARTS) is 2. The van der Waals surface area contributed by atoms with E-state index in [0.717, 1.165) is 10.8 Å². The van der Waals surface area contributed by atoms with Crippen molar-refractivity contribution in [2.45, 2.75) is 0 Å². The summed E-state index contributed by atoms with van der Waals surface area (Å²) in [6, 6.07) is 10.3. The van der Waals surface area contributed by atoms with Gasteiger partial charge in [0.25, 0.3) is 0 Å². The lowest BCUT2D eigenvalue weighted by atomic mass is 10.1. The number of hydrogen-bond donors (Lipinski definition) is 2. The average Bonchev–Trinajstić information content (AvgIpc) is 2.42. The van der Waals surface area contributed by atoms with Gasteiger partial charge in [0.15, 0.2) is 13.2 Å². The van der Waals surface area contributed by atoms with Crippen molar-refractivity contribution in [3.05, 3.63) is 36.4 Å². The van der Waals surface area contributed by atoms with Crippen molar-refractivity contribution in [1.29, 1.82) is 0 Å². The van der Waals surface area contributed by atoms with Crippen LogP contribution in [0.5, 0.6) is 11.5 Å². The van der Waals surface area contributed by atoms with E-state index in [9.17, 15) is 9.59 Å². The molecule has 0 aromatic heterocycles. The topological polar surface area (TPSA) is 93.1 Å². The SMILES string of the molecule is O=C(O)COc1ccc2ccc(OCC(=O)O)cc2c1. The summed E-state index contributed by atoms with van der Waals surface area (Å²) >= 11 is 0. The van der Waals surface area contributed by atoms with Crippen molar-refractivity contribution in [1.82, 2.24) is 0 Å². The molecule has 2 N–H and O–H groups in total. The Morgan fingerprint density at radius 2 is 1.25 bits per heavy atom. The van der Waals surface area contributed by atoms with Crippen LogP contribution in [0.4, 0.5) is 0 Å². The van der Waals surface area contributed by atoms with Gasteiger partial charge in [-0.15, -0.1) is 0 Å². The van der Waals surface area contributed by atoms with Crippen LogP contribution in [-0.2, 0) is 9.59 Å². The van der Waals surface area contributed by atoms with E-state index in [0.29, 0.717) is 11.5 Å². The molecule has 0 bridgehead atoms. The van der Waals surface area contributed by atoms with Gasteiger partial charge in [-0.1, -0.05) is 12.1 Å². The summed E-state index contributed by atoms with van der Waals surface area (Å²) in [5.74, 6) is -1.25. The Morgan fingerprint density at radius 1 is 0.800 bits per heavy atom. The lowest BCUT2D eigenvalue weighted by Crippen LogP contribution is -2.09. The zero-order chi connectivity index (χ0) is 14.5. The molecule has 104 valence electrons. The van der Waals surface area contributed by atoms with Crippen LogP contribution in [0.1, 0.15) is 0 Å². The predicted molar refractivity (Wildman–Crippen MR) is 70.2 cm³/mol. The predicted octanol–water partition coefficient (Wildman–Crippen LogP) is 1.77. The van der Waals surface area contributed by atoms with Crippen LogP contribution in [0, 0.1) is 0 Å². The van der Waals surface area contributed by atoms with Gasteiger partial charge in [-0.25, -0.2) is 9.59 Å². The second-order valence-corrected chi connectivity index (χ2v) is 4.04. The van der Waals surface area contributed by atoms with Gasteiger partial charge < -0.3 is 19.7 Å². The molecule has 0 heterocycles. The summed E-state index contributed by atoms with van der Waals surface area (Å²) in [7, 11) is 0. The molecule has 0 saturated heterocycles. The van der Waals surface area contributed by atoms with Gasteiger partial charge in [0.2, 0.25) is 0 Å². The molecule has 0 atom stereocenters. The summed E-state index contributed by atoms with van der Waals surface area (Å²) < 4.78 is 10.2. The molecule has 2 rings (SSSR count). The molecule has 20 heavy (non-hydrogen) atoms. The lowest BCUT2D eigenvalue weighted by molar-refractivity contribution is -0.140. The Hall–Kier alpha value is -2.76. The van der Waals surface area contributed by atoms with E-state index in [1.165, 1.54) is 0 Å². The molecule has 0 radical (unpaired) electrons. The van der Waals surface area contributed by atoms with E-state index < -0.39 is 25.2 Å². The molecule has 0 spiro atoms. The molecular formula is C14H12O6. The maximum Gasteiger partial charge on any atom is 0.341 e. The molecule has 6 heteroatoms. The van der Waals surface area contributed by atoms with Gasteiger partial charge in [0.05, 0.1) is 0 Å². The highest BCUT2D eigenvalue weighted by molar-refractivity contribution is 5.85. The number of carboxylic acids is 2. The fourth-order valence-electron chi connectivity index (χ4n) is 1.67. The van der Waals surface area contributed by atoms with Gasteiger partial charge in [-0.05, 0) is 35.0 Å². The first-order valence-corrected chi connectivity index (χ1v) is 5.77. The second-order valence-electron chi connectivity index (χ2n) is 4.04. The number of fused-ring (bicyclic) bond motifs is 1. The summed E-state index contributed by atoms with van der Waals surface area (Å²) in [5, 5.41) is 18.8. The van der Waals surface area contributed by atoms with Crippen LogP contribution in [0.2, 0.25) is 0 Å². The van der Waals surface area contributed by atoms with E-state index in [2.05, 4.69) is 0 Å². The molecule has 6 nitrogen and oxygen atoms in total. The molecule has 2 aromatic carbocycles. The Balaban J connectivity index is 2.20. The highest BCUT2D eigenvalue weighted by Gasteiger charge is 2.04. The number of ether oxygens (including phenoxy) is 2. The molecular weight excluding hydrogens is 264 g/mol. The first-order chi connectivity index (χ1) is 9.54. The van der Waals surface area contributed by atoms with Gasteiger partial charge in [0.1, 0.15) is 11.5 Å². The smallest absolute Gasteiger partial charge is 0.341 e. The number of carbonyl (C=O) groups is 2. The van der Waals surface area contributed by atoms with Crippen LogP contribution in [0.15, 0.2) is 36.4 Å². The molecule has 0 fully saturated rings. The third-order valence-corrected chi connectivity index (χ3v) is 2.51. The zero-order valence-electron chi connectivity index (χ0n) is 10.4. The summed E-state index contributed by atoms with van der Waals surface area (Å²) in [6.45, 7) is -0.832. The van der Waals surface area contributed by atoms with Crippen LogP contribution in [0.3, 0.4) is 0 Å². The quantitative estimate of drug-likeness (QED) is 0.835. The minimum absolute atomic E-state index is 0.416. The Labute approximate surface area is 114 Å². The molecule has 0 unspecified atom stereocenters. The molecule has 0 aliphatic rings. The molecule has 0 saturated carbocycles. The largest absolute Gasteiger partial charge is 0.482 e. The Kier molecular flexibility index (Phi) is 4.05. The van der Waals surface area contributed by atoms with Crippen LogP contribution >= 0.6 is 0 Å². The van der Waals surface area contributed by atoms with Crippen molar-refractivity contribution in [2.24, 2.45) is 0 Å². The van der Waals surface area contributed by atoms with Crippen LogP contribution in [0.25, 0.3) is 10.8 Å². The summed E-state index contributed by atoms with van der Waals surface area (Å²) in [6.07, 6.45) is 0. The standard InChI is InChI=1S/C14H12O6/c15-13(16)7-19-11-3-1-9-2-4-12(6-10(9)5-11)20-8-14(17)18/h1-6H,7-8H2,(H,15,16)(H,17,18). The first kappa shape index (κ1) is 13.7. The molecule has 0 amide bonds. The third-order valence-electron chi connectivity index (χ3n) is 2.51. The zero-order valence-corrected chi connectivity index (χ0v) is 10.4. The molecule has 0 aliphatic heterocycles. The molecule has 0 aliphatic carbocycles. The summed E-state index contributed by atoms with van der Waals surface area (Å²) in [4.78, 5) is 20.9. The van der Waals surface area contributed by atoms with Gasteiger partial charge in [0, 0.05) is 0 Å². The second kappa shape index (κ2) is 5.92. The first-order valence-electron chi connectivity index (χ1n) is 5.77.